The Balaban J connectivity index is 1.33. The van der Waals surface area contributed by atoms with Crippen molar-refractivity contribution in [3.63, 3.8) is 0 Å². The summed E-state index contributed by atoms with van der Waals surface area (Å²) in [6.07, 6.45) is 7.16. The minimum Gasteiger partial charge on any atom is -0.337 e. The SMILES string of the molecule is Cc1c(CCc2ccc(C(C)(C)C)cc2)ncnc1C(=O)N1CCC(N2CCC(C#N)CC2)CC1. The molecular formula is C29H39N5O. The van der Waals surface area contributed by atoms with Gasteiger partial charge in [-0.3, -0.25) is 4.79 Å². The summed E-state index contributed by atoms with van der Waals surface area (Å²) >= 11 is 0. The zero-order chi connectivity index (χ0) is 25.0. The Morgan fingerprint density at radius 2 is 1.66 bits per heavy atom. The third-order valence-electron chi connectivity index (χ3n) is 7.84. The molecule has 4 rings (SSSR count). The molecular weight excluding hydrogens is 434 g/mol. The lowest BCUT2D eigenvalue weighted by molar-refractivity contribution is 0.0566. The second-order valence-corrected chi connectivity index (χ2v) is 11.2. The van der Waals surface area contributed by atoms with Crippen LogP contribution in [0.2, 0.25) is 0 Å². The van der Waals surface area contributed by atoms with Crippen LogP contribution >= 0.6 is 0 Å². The second kappa shape index (κ2) is 10.9. The van der Waals surface area contributed by atoms with Crippen molar-refractivity contribution in [3.05, 3.63) is 58.7 Å². The summed E-state index contributed by atoms with van der Waals surface area (Å²) in [7, 11) is 0. The van der Waals surface area contributed by atoms with Crippen LogP contribution in [0.3, 0.4) is 0 Å². The molecule has 6 nitrogen and oxygen atoms in total. The van der Waals surface area contributed by atoms with E-state index in [2.05, 4.69) is 66.0 Å². The van der Waals surface area contributed by atoms with Crippen molar-refractivity contribution in [2.45, 2.75) is 77.7 Å². The number of hydrogen-bond acceptors (Lipinski definition) is 5. The highest BCUT2D eigenvalue weighted by Gasteiger charge is 2.31. The maximum absolute atomic E-state index is 13.3. The first-order chi connectivity index (χ1) is 16.8. The monoisotopic (exact) mass is 473 g/mol. The van der Waals surface area contributed by atoms with Crippen LogP contribution < -0.4 is 0 Å². The molecule has 0 unspecified atom stereocenters. The lowest BCUT2D eigenvalue weighted by atomic mass is 9.86. The maximum atomic E-state index is 13.3. The largest absolute Gasteiger partial charge is 0.337 e. The van der Waals surface area contributed by atoms with Crippen molar-refractivity contribution in [2.75, 3.05) is 26.2 Å². The number of rotatable bonds is 5. The molecule has 3 heterocycles. The number of likely N-dealkylation sites (tertiary alicyclic amines) is 2. The van der Waals surface area contributed by atoms with Gasteiger partial charge >= 0.3 is 0 Å². The molecule has 0 saturated carbocycles. The van der Waals surface area contributed by atoms with Crippen LogP contribution in [0.5, 0.6) is 0 Å². The first-order valence-corrected chi connectivity index (χ1v) is 13.1. The van der Waals surface area contributed by atoms with E-state index >= 15 is 0 Å². The summed E-state index contributed by atoms with van der Waals surface area (Å²) in [6.45, 7) is 12.2. The van der Waals surface area contributed by atoms with Crippen LogP contribution in [0.4, 0.5) is 0 Å². The van der Waals surface area contributed by atoms with E-state index in [0.717, 1.165) is 76.0 Å². The number of amides is 1. The standard InChI is InChI=1S/C29H39N5O/c1-21-26(10-7-22-5-8-24(9-6-22)29(2,3)4)31-20-32-27(21)28(35)34-17-13-25(14-18-34)33-15-11-23(19-30)12-16-33/h5-6,8-9,20,23,25H,7,10-18H2,1-4H3. The molecule has 2 fully saturated rings. The van der Waals surface area contributed by atoms with E-state index in [1.54, 1.807) is 6.33 Å². The van der Waals surface area contributed by atoms with E-state index in [4.69, 9.17) is 5.26 Å². The molecule has 35 heavy (non-hydrogen) atoms. The van der Waals surface area contributed by atoms with Crippen molar-refractivity contribution < 1.29 is 4.79 Å². The molecule has 6 heteroatoms. The zero-order valence-electron chi connectivity index (χ0n) is 21.8. The molecule has 186 valence electrons. The molecule has 2 aliphatic heterocycles. The fourth-order valence-corrected chi connectivity index (χ4v) is 5.37. The van der Waals surface area contributed by atoms with Crippen LogP contribution in [0.1, 0.15) is 79.3 Å². The summed E-state index contributed by atoms with van der Waals surface area (Å²) in [5.74, 6) is 0.244. The highest BCUT2D eigenvalue weighted by Crippen LogP contribution is 2.25. The van der Waals surface area contributed by atoms with Gasteiger partial charge < -0.3 is 9.80 Å². The third kappa shape index (κ3) is 6.08. The van der Waals surface area contributed by atoms with Crippen molar-refractivity contribution in [1.82, 2.24) is 19.8 Å². The van der Waals surface area contributed by atoms with Crippen molar-refractivity contribution >= 4 is 5.91 Å². The van der Waals surface area contributed by atoms with Gasteiger partial charge in [-0.2, -0.15) is 5.26 Å². The van der Waals surface area contributed by atoms with Gasteiger partial charge in [-0.25, -0.2) is 9.97 Å². The molecule has 2 aromatic rings. The molecule has 1 amide bonds. The van der Waals surface area contributed by atoms with Gasteiger partial charge in [0.25, 0.3) is 5.91 Å². The summed E-state index contributed by atoms with van der Waals surface area (Å²) in [5.41, 5.74) is 5.18. The van der Waals surface area contributed by atoms with Gasteiger partial charge in [0.05, 0.1) is 6.07 Å². The Labute approximate surface area is 210 Å². The Bertz CT molecular complexity index is 1050. The number of nitriles is 1. The quantitative estimate of drug-likeness (QED) is 0.629. The van der Waals surface area contributed by atoms with Gasteiger partial charge in [0.15, 0.2) is 0 Å². The Morgan fingerprint density at radius 1 is 1.00 bits per heavy atom. The fourth-order valence-electron chi connectivity index (χ4n) is 5.37. The second-order valence-electron chi connectivity index (χ2n) is 11.2. The fraction of sp³-hybridized carbons (Fsp3) is 0.586. The Morgan fingerprint density at radius 3 is 2.26 bits per heavy atom. The number of piperidine rings is 2. The number of nitrogens with zero attached hydrogens (tertiary/aromatic N) is 5. The first-order valence-electron chi connectivity index (χ1n) is 13.1. The maximum Gasteiger partial charge on any atom is 0.272 e. The summed E-state index contributed by atoms with van der Waals surface area (Å²) in [4.78, 5) is 26.7. The number of aromatic nitrogens is 2. The molecule has 0 atom stereocenters. The van der Waals surface area contributed by atoms with Crippen LogP contribution in [0, 0.1) is 24.2 Å². The van der Waals surface area contributed by atoms with Crippen LogP contribution in [-0.2, 0) is 18.3 Å². The minimum atomic E-state index is 0.0299. The van der Waals surface area contributed by atoms with E-state index in [9.17, 15) is 4.79 Å². The summed E-state index contributed by atoms with van der Waals surface area (Å²) < 4.78 is 0. The van der Waals surface area contributed by atoms with Gasteiger partial charge in [0.1, 0.15) is 12.0 Å². The molecule has 2 saturated heterocycles. The predicted molar refractivity (Wildman–Crippen MR) is 138 cm³/mol. The average Bonchev–Trinajstić information content (AvgIpc) is 2.87. The molecule has 1 aromatic heterocycles. The molecule has 0 bridgehead atoms. The Kier molecular flexibility index (Phi) is 7.86. The van der Waals surface area contributed by atoms with Gasteiger partial charge in [-0.05, 0) is 75.1 Å². The van der Waals surface area contributed by atoms with Gasteiger partial charge in [0.2, 0.25) is 0 Å². The number of hydrogen-bond donors (Lipinski definition) is 0. The minimum absolute atomic E-state index is 0.0299. The number of carbonyl (C=O) groups excluding carboxylic acids is 1. The number of carbonyl (C=O) groups is 1. The first kappa shape index (κ1) is 25.3. The van der Waals surface area contributed by atoms with Gasteiger partial charge in [-0.1, -0.05) is 45.0 Å². The molecule has 0 radical (unpaired) electrons. The predicted octanol–water partition coefficient (Wildman–Crippen LogP) is 4.71. The number of aryl methyl sites for hydroxylation is 2. The molecule has 0 N–H and O–H groups in total. The smallest absolute Gasteiger partial charge is 0.272 e. The average molecular weight is 474 g/mol. The topological polar surface area (TPSA) is 73.1 Å². The van der Waals surface area contributed by atoms with E-state index in [-0.39, 0.29) is 17.2 Å². The summed E-state index contributed by atoms with van der Waals surface area (Å²) in [5, 5.41) is 9.14. The van der Waals surface area contributed by atoms with E-state index in [1.807, 2.05) is 11.8 Å². The van der Waals surface area contributed by atoms with Crippen LogP contribution in [0.15, 0.2) is 30.6 Å². The summed E-state index contributed by atoms with van der Waals surface area (Å²) in [6, 6.07) is 11.8. The van der Waals surface area contributed by atoms with Crippen molar-refractivity contribution in [3.8, 4) is 6.07 Å². The van der Waals surface area contributed by atoms with Crippen LogP contribution in [-0.4, -0.2) is 57.9 Å². The van der Waals surface area contributed by atoms with Gasteiger partial charge in [-0.15, -0.1) is 0 Å². The van der Waals surface area contributed by atoms with Gasteiger partial charge in [0, 0.05) is 36.3 Å². The molecule has 0 spiro atoms. The lowest BCUT2D eigenvalue weighted by Gasteiger charge is -2.41. The Hall–Kier alpha value is -2.78. The van der Waals surface area contributed by atoms with Crippen molar-refractivity contribution in [2.24, 2.45) is 5.92 Å². The van der Waals surface area contributed by atoms with E-state index < -0.39 is 0 Å². The van der Waals surface area contributed by atoms with E-state index in [0.29, 0.717) is 11.7 Å². The molecule has 2 aliphatic rings. The molecule has 1 aromatic carbocycles. The molecule has 0 aliphatic carbocycles. The lowest BCUT2D eigenvalue weighted by Crippen LogP contribution is -2.49. The van der Waals surface area contributed by atoms with E-state index in [1.165, 1.54) is 11.1 Å². The van der Waals surface area contributed by atoms with Crippen molar-refractivity contribution in [1.29, 1.82) is 5.26 Å². The zero-order valence-corrected chi connectivity index (χ0v) is 21.8. The highest BCUT2D eigenvalue weighted by atomic mass is 16.2. The normalized spacial score (nSPS) is 18.4. The number of benzene rings is 1. The third-order valence-corrected chi connectivity index (χ3v) is 7.84. The van der Waals surface area contributed by atoms with Crippen LogP contribution in [0.25, 0.3) is 0 Å². The highest BCUT2D eigenvalue weighted by molar-refractivity contribution is 5.93.